The van der Waals surface area contributed by atoms with Crippen molar-refractivity contribution in [2.45, 2.75) is 18.5 Å². The van der Waals surface area contributed by atoms with Gasteiger partial charge in [0, 0.05) is 10.6 Å². The number of H-pyrrole nitrogens is 1. The monoisotopic (exact) mass is 391 g/mol. The van der Waals surface area contributed by atoms with Crippen molar-refractivity contribution >= 4 is 0 Å². The lowest BCUT2D eigenvalue weighted by molar-refractivity contribution is -0.498. The molecule has 0 fully saturated rings. The predicted octanol–water partition coefficient (Wildman–Crippen LogP) is 3.60. The van der Waals surface area contributed by atoms with Crippen molar-refractivity contribution < 1.29 is 18.1 Å². The van der Waals surface area contributed by atoms with Crippen LogP contribution in [0.5, 0.6) is 0 Å². The highest BCUT2D eigenvalue weighted by molar-refractivity contribution is 5.45. The Morgan fingerprint density at radius 3 is 2.07 bits per heavy atom. The smallest absolute Gasteiger partial charge is 0.295 e. The van der Waals surface area contributed by atoms with E-state index in [2.05, 4.69) is 5.10 Å². The normalized spacial score (nSPS) is 13.9. The number of alkyl halides is 3. The Bertz CT molecular complexity index is 1040. The van der Waals surface area contributed by atoms with Gasteiger partial charge in [0.2, 0.25) is 6.54 Å². The number of benzene rings is 2. The van der Waals surface area contributed by atoms with E-state index in [0.29, 0.717) is 5.69 Å². The number of rotatable bonds is 5. The van der Waals surface area contributed by atoms with E-state index < -0.39 is 34.2 Å². The molecule has 28 heavy (non-hydrogen) atoms. The highest BCUT2D eigenvalue weighted by atomic mass is 19.4. The first-order valence-electron chi connectivity index (χ1n) is 8.30. The number of hydrogen-bond donors (Lipinski definition) is 1. The molecule has 2 aromatic carbocycles. The number of halogens is 3. The maximum atomic E-state index is 14.4. The van der Waals surface area contributed by atoms with E-state index in [9.17, 15) is 28.1 Å². The summed E-state index contributed by atoms with van der Waals surface area (Å²) in [6, 6.07) is 14.6. The average Bonchev–Trinajstić information content (AvgIpc) is 2.95. The Kier molecular flexibility index (Phi) is 4.84. The molecule has 0 amide bonds. The largest absolute Gasteiger partial charge is 0.409 e. The van der Waals surface area contributed by atoms with Crippen LogP contribution in [0.1, 0.15) is 16.8 Å². The van der Waals surface area contributed by atoms with Gasteiger partial charge in [-0.1, -0.05) is 48.5 Å². The molecule has 1 heterocycles. The molecule has 9 heteroatoms. The van der Waals surface area contributed by atoms with Gasteiger partial charge in [-0.25, -0.2) is 4.68 Å². The summed E-state index contributed by atoms with van der Waals surface area (Å²) in [6.07, 6.45) is -5.08. The van der Waals surface area contributed by atoms with E-state index in [-0.39, 0.29) is 11.3 Å². The molecule has 0 bridgehead atoms. The summed E-state index contributed by atoms with van der Waals surface area (Å²) >= 11 is 0. The summed E-state index contributed by atoms with van der Waals surface area (Å²) in [6.45, 7) is -0.192. The second-order valence-corrected chi connectivity index (χ2v) is 6.35. The Morgan fingerprint density at radius 1 is 1.04 bits per heavy atom. The maximum absolute atomic E-state index is 14.4. The third kappa shape index (κ3) is 3.08. The predicted molar refractivity (Wildman–Crippen MR) is 96.3 cm³/mol. The number of nitrogens with one attached hydrogen (secondary N) is 1. The van der Waals surface area contributed by atoms with Crippen molar-refractivity contribution in [2.75, 3.05) is 6.54 Å². The van der Waals surface area contributed by atoms with Crippen LogP contribution in [-0.2, 0) is 5.41 Å². The van der Waals surface area contributed by atoms with Gasteiger partial charge in [-0.15, -0.1) is 0 Å². The van der Waals surface area contributed by atoms with E-state index in [1.54, 1.807) is 30.3 Å². The number of hydrogen-bond acceptors (Lipinski definition) is 3. The number of aromatic amines is 1. The lowest BCUT2D eigenvalue weighted by Crippen LogP contribution is -2.51. The molecule has 0 aliphatic carbocycles. The molecule has 1 aromatic heterocycles. The minimum Gasteiger partial charge on any atom is -0.295 e. The van der Waals surface area contributed by atoms with Crippen LogP contribution in [0.4, 0.5) is 13.2 Å². The second kappa shape index (κ2) is 6.99. The van der Waals surface area contributed by atoms with E-state index >= 15 is 0 Å². The van der Waals surface area contributed by atoms with Crippen LogP contribution < -0.4 is 5.56 Å². The SMILES string of the molecule is Cc1[nH]n(-c2ccccc2)c(=O)c1C(C[N+](=O)[O-])(c1ccccc1)C(F)(F)F. The second-order valence-electron chi connectivity index (χ2n) is 6.35. The lowest BCUT2D eigenvalue weighted by Gasteiger charge is -2.32. The molecular formula is C19H16F3N3O3. The number of nitro groups is 1. The topological polar surface area (TPSA) is 80.9 Å². The quantitative estimate of drug-likeness (QED) is 0.533. The van der Waals surface area contributed by atoms with Gasteiger partial charge in [0.1, 0.15) is 0 Å². The van der Waals surface area contributed by atoms with Crippen LogP contribution in [0, 0.1) is 17.0 Å². The van der Waals surface area contributed by atoms with Crippen LogP contribution in [0.15, 0.2) is 65.5 Å². The summed E-state index contributed by atoms with van der Waals surface area (Å²) < 4.78 is 44.2. The molecule has 0 aliphatic rings. The minimum atomic E-state index is -5.08. The fourth-order valence-corrected chi connectivity index (χ4v) is 3.43. The molecule has 146 valence electrons. The van der Waals surface area contributed by atoms with E-state index in [1.807, 2.05) is 0 Å². The van der Waals surface area contributed by atoms with Crippen LogP contribution >= 0.6 is 0 Å². The van der Waals surface area contributed by atoms with Gasteiger partial charge in [-0.2, -0.15) is 13.2 Å². The van der Waals surface area contributed by atoms with Gasteiger partial charge >= 0.3 is 6.18 Å². The van der Waals surface area contributed by atoms with Gasteiger partial charge in [-0.05, 0) is 24.6 Å². The van der Waals surface area contributed by atoms with Gasteiger partial charge in [0.05, 0.1) is 11.3 Å². The fraction of sp³-hybridized carbons (Fsp3) is 0.211. The third-order valence-electron chi connectivity index (χ3n) is 4.63. The van der Waals surface area contributed by atoms with Crippen LogP contribution in [-0.4, -0.2) is 27.4 Å². The zero-order valence-corrected chi connectivity index (χ0v) is 14.7. The molecule has 0 spiro atoms. The fourth-order valence-electron chi connectivity index (χ4n) is 3.43. The molecule has 3 rings (SSSR count). The first-order chi connectivity index (χ1) is 13.2. The summed E-state index contributed by atoms with van der Waals surface area (Å²) in [4.78, 5) is 23.3. The number of para-hydroxylation sites is 1. The first-order valence-corrected chi connectivity index (χ1v) is 8.30. The van der Waals surface area contributed by atoms with Crippen molar-refractivity contribution in [1.82, 2.24) is 9.78 Å². The molecular weight excluding hydrogens is 375 g/mol. The van der Waals surface area contributed by atoms with E-state index in [1.165, 1.54) is 25.1 Å². The lowest BCUT2D eigenvalue weighted by atomic mass is 9.73. The van der Waals surface area contributed by atoms with Crippen molar-refractivity contribution in [3.05, 3.63) is 98.0 Å². The zero-order valence-electron chi connectivity index (χ0n) is 14.7. The maximum Gasteiger partial charge on any atom is 0.409 e. The molecule has 6 nitrogen and oxygen atoms in total. The van der Waals surface area contributed by atoms with Crippen LogP contribution in [0.3, 0.4) is 0 Å². The van der Waals surface area contributed by atoms with Crippen molar-refractivity contribution in [1.29, 1.82) is 0 Å². The third-order valence-corrected chi connectivity index (χ3v) is 4.63. The van der Waals surface area contributed by atoms with Crippen molar-refractivity contribution in [3.63, 3.8) is 0 Å². The summed E-state index contributed by atoms with van der Waals surface area (Å²) in [5.74, 6) is 0. The Balaban J connectivity index is 2.39. The van der Waals surface area contributed by atoms with Gasteiger partial charge < -0.3 is 0 Å². The molecule has 1 N–H and O–H groups in total. The highest BCUT2D eigenvalue weighted by Gasteiger charge is 2.63. The molecule has 0 radical (unpaired) electrons. The van der Waals surface area contributed by atoms with Crippen LogP contribution in [0.2, 0.25) is 0 Å². The van der Waals surface area contributed by atoms with Gasteiger partial charge in [0.25, 0.3) is 5.56 Å². The molecule has 0 aliphatic heterocycles. The Labute approximate surface area is 157 Å². The summed E-state index contributed by atoms with van der Waals surface area (Å²) in [5.41, 5.74) is -4.88. The number of aryl methyl sites for hydroxylation is 1. The van der Waals surface area contributed by atoms with Gasteiger partial charge in [0.15, 0.2) is 5.41 Å². The van der Waals surface area contributed by atoms with Gasteiger partial charge in [-0.3, -0.25) is 20.0 Å². The van der Waals surface area contributed by atoms with E-state index in [0.717, 1.165) is 16.8 Å². The molecule has 0 saturated heterocycles. The zero-order chi connectivity index (χ0) is 20.5. The standard InChI is InChI=1S/C19H16F3N3O3/c1-13-16(17(26)25(23-13)15-10-6-3-7-11-15)18(12-24(27)28,19(20,21)22)14-8-4-2-5-9-14/h2-11,23H,12H2,1H3. The highest BCUT2D eigenvalue weighted by Crippen LogP contribution is 2.46. The van der Waals surface area contributed by atoms with Crippen molar-refractivity contribution in [3.8, 4) is 5.69 Å². The summed E-state index contributed by atoms with van der Waals surface area (Å²) in [5, 5.41) is 13.9. The molecule has 0 saturated carbocycles. The average molecular weight is 391 g/mol. The number of aromatic nitrogens is 2. The Morgan fingerprint density at radius 2 is 1.57 bits per heavy atom. The Hall–Kier alpha value is -3.36. The van der Waals surface area contributed by atoms with E-state index in [4.69, 9.17) is 0 Å². The minimum absolute atomic E-state index is 0.0862. The van der Waals surface area contributed by atoms with Crippen LogP contribution in [0.25, 0.3) is 5.69 Å². The number of nitrogens with zero attached hydrogens (tertiary/aromatic N) is 2. The molecule has 3 aromatic rings. The first kappa shape index (κ1) is 19.4. The molecule has 1 unspecified atom stereocenters. The molecule has 1 atom stereocenters. The summed E-state index contributed by atoms with van der Waals surface area (Å²) in [7, 11) is 0. The van der Waals surface area contributed by atoms with Crippen molar-refractivity contribution in [2.24, 2.45) is 0 Å².